The molecule has 4 rings (SSSR count). The van der Waals surface area contributed by atoms with Gasteiger partial charge in [0.25, 0.3) is 0 Å². The molecule has 5 nitrogen and oxygen atoms in total. The third-order valence-electron chi connectivity index (χ3n) is 4.96. The SMILES string of the molecule is O=C1CCc2cc(C(=O)c3ccc(OC4CCCC4)cc3O)ccc2O1. The first kappa shape index (κ1) is 16.6. The van der Waals surface area contributed by atoms with Crippen LogP contribution in [-0.4, -0.2) is 23.0 Å². The number of phenolic OH excluding ortho intramolecular Hbond substituents is 1. The summed E-state index contributed by atoms with van der Waals surface area (Å²) in [7, 11) is 0. The summed E-state index contributed by atoms with van der Waals surface area (Å²) >= 11 is 0. The van der Waals surface area contributed by atoms with Crippen LogP contribution in [0.5, 0.6) is 17.2 Å². The largest absolute Gasteiger partial charge is 0.507 e. The number of benzene rings is 2. The number of ether oxygens (including phenoxy) is 2. The molecule has 1 heterocycles. The molecule has 0 atom stereocenters. The first-order chi connectivity index (χ1) is 12.6. The highest BCUT2D eigenvalue weighted by molar-refractivity contribution is 6.11. The van der Waals surface area contributed by atoms with Gasteiger partial charge < -0.3 is 14.6 Å². The van der Waals surface area contributed by atoms with E-state index in [9.17, 15) is 14.7 Å². The maximum absolute atomic E-state index is 12.8. The van der Waals surface area contributed by atoms with Crippen molar-refractivity contribution in [3.05, 3.63) is 53.1 Å². The molecule has 26 heavy (non-hydrogen) atoms. The minimum Gasteiger partial charge on any atom is -0.507 e. The van der Waals surface area contributed by atoms with Gasteiger partial charge in [0.2, 0.25) is 0 Å². The van der Waals surface area contributed by atoms with E-state index in [1.54, 1.807) is 30.3 Å². The van der Waals surface area contributed by atoms with E-state index in [1.807, 2.05) is 0 Å². The predicted molar refractivity (Wildman–Crippen MR) is 94.8 cm³/mol. The van der Waals surface area contributed by atoms with Gasteiger partial charge in [-0.05, 0) is 68.0 Å². The molecule has 1 saturated carbocycles. The summed E-state index contributed by atoms with van der Waals surface area (Å²) in [5, 5.41) is 10.3. The Morgan fingerprint density at radius 1 is 1.08 bits per heavy atom. The van der Waals surface area contributed by atoms with Crippen LogP contribution in [0.2, 0.25) is 0 Å². The van der Waals surface area contributed by atoms with E-state index in [0.717, 1.165) is 18.4 Å². The number of aryl methyl sites for hydroxylation is 1. The smallest absolute Gasteiger partial charge is 0.311 e. The molecule has 0 amide bonds. The fourth-order valence-electron chi connectivity index (χ4n) is 3.56. The van der Waals surface area contributed by atoms with Crippen LogP contribution in [0.3, 0.4) is 0 Å². The quantitative estimate of drug-likeness (QED) is 0.515. The van der Waals surface area contributed by atoms with Crippen molar-refractivity contribution in [1.82, 2.24) is 0 Å². The van der Waals surface area contributed by atoms with Crippen molar-refractivity contribution in [1.29, 1.82) is 0 Å². The number of aromatic hydroxyl groups is 1. The van der Waals surface area contributed by atoms with Crippen LogP contribution >= 0.6 is 0 Å². The summed E-state index contributed by atoms with van der Waals surface area (Å²) in [5.41, 5.74) is 1.52. The van der Waals surface area contributed by atoms with Crippen LogP contribution in [0.25, 0.3) is 0 Å². The van der Waals surface area contributed by atoms with Crippen LogP contribution in [0, 0.1) is 0 Å². The fourth-order valence-corrected chi connectivity index (χ4v) is 3.56. The third-order valence-corrected chi connectivity index (χ3v) is 4.96. The van der Waals surface area contributed by atoms with Gasteiger partial charge in [-0.1, -0.05) is 0 Å². The predicted octanol–water partition coefficient (Wildman–Crippen LogP) is 3.80. The maximum Gasteiger partial charge on any atom is 0.311 e. The lowest BCUT2D eigenvalue weighted by Gasteiger charge is -2.16. The topological polar surface area (TPSA) is 72.8 Å². The van der Waals surface area contributed by atoms with Gasteiger partial charge in [-0.2, -0.15) is 0 Å². The lowest BCUT2D eigenvalue weighted by Crippen LogP contribution is -2.16. The number of fused-ring (bicyclic) bond motifs is 1. The molecule has 0 spiro atoms. The summed E-state index contributed by atoms with van der Waals surface area (Å²) in [6, 6.07) is 9.81. The number of ketones is 1. The number of rotatable bonds is 4. The molecular weight excluding hydrogens is 332 g/mol. The second kappa shape index (κ2) is 6.83. The molecule has 0 saturated heterocycles. The Bertz CT molecular complexity index is 865. The molecule has 134 valence electrons. The summed E-state index contributed by atoms with van der Waals surface area (Å²) in [6.45, 7) is 0. The second-order valence-corrected chi connectivity index (χ2v) is 6.83. The van der Waals surface area contributed by atoms with Crippen LogP contribution in [0.15, 0.2) is 36.4 Å². The molecule has 1 fully saturated rings. The van der Waals surface area contributed by atoms with Gasteiger partial charge in [-0.3, -0.25) is 9.59 Å². The first-order valence-electron chi connectivity index (χ1n) is 8.98. The van der Waals surface area contributed by atoms with Gasteiger partial charge in [0.1, 0.15) is 17.2 Å². The lowest BCUT2D eigenvalue weighted by molar-refractivity contribution is -0.135. The van der Waals surface area contributed by atoms with Crippen molar-refractivity contribution < 1.29 is 24.2 Å². The second-order valence-electron chi connectivity index (χ2n) is 6.83. The molecule has 1 N–H and O–H groups in total. The van der Waals surface area contributed by atoms with Gasteiger partial charge in [0.15, 0.2) is 5.78 Å². The summed E-state index contributed by atoms with van der Waals surface area (Å²) in [4.78, 5) is 24.1. The number of carbonyl (C=O) groups excluding carboxylic acids is 2. The van der Waals surface area contributed by atoms with Crippen molar-refractivity contribution >= 4 is 11.8 Å². The molecule has 1 aliphatic carbocycles. The zero-order valence-electron chi connectivity index (χ0n) is 14.4. The van der Waals surface area contributed by atoms with Crippen molar-refractivity contribution in [3.8, 4) is 17.2 Å². The summed E-state index contributed by atoms with van der Waals surface area (Å²) in [6.07, 6.45) is 5.45. The van der Waals surface area contributed by atoms with Gasteiger partial charge in [-0.25, -0.2) is 0 Å². The average Bonchev–Trinajstić information content (AvgIpc) is 3.14. The van der Waals surface area contributed by atoms with E-state index in [0.29, 0.717) is 29.9 Å². The van der Waals surface area contributed by atoms with E-state index in [1.165, 1.54) is 18.9 Å². The van der Waals surface area contributed by atoms with E-state index < -0.39 is 0 Å². The number of hydrogen-bond donors (Lipinski definition) is 1. The maximum atomic E-state index is 12.8. The highest BCUT2D eigenvalue weighted by Gasteiger charge is 2.21. The Morgan fingerprint density at radius 2 is 1.88 bits per heavy atom. The molecule has 2 aromatic rings. The van der Waals surface area contributed by atoms with Crippen LogP contribution in [0.1, 0.15) is 53.6 Å². The van der Waals surface area contributed by atoms with Crippen LogP contribution in [0.4, 0.5) is 0 Å². The Hall–Kier alpha value is -2.82. The van der Waals surface area contributed by atoms with Gasteiger partial charge >= 0.3 is 5.97 Å². The number of carbonyl (C=O) groups is 2. The summed E-state index contributed by atoms with van der Waals surface area (Å²) < 4.78 is 11.0. The van der Waals surface area contributed by atoms with Crippen molar-refractivity contribution in [2.75, 3.05) is 0 Å². The highest BCUT2D eigenvalue weighted by atomic mass is 16.5. The minimum atomic E-state index is -0.269. The molecule has 2 aromatic carbocycles. The van der Waals surface area contributed by atoms with Crippen molar-refractivity contribution in [3.63, 3.8) is 0 Å². The number of esters is 1. The molecule has 0 aromatic heterocycles. The average molecular weight is 352 g/mol. The Kier molecular flexibility index (Phi) is 4.37. The highest BCUT2D eigenvalue weighted by Crippen LogP contribution is 2.31. The molecule has 0 bridgehead atoms. The zero-order valence-corrected chi connectivity index (χ0v) is 14.4. The van der Waals surface area contributed by atoms with Crippen molar-refractivity contribution in [2.24, 2.45) is 0 Å². The Balaban J connectivity index is 1.55. The molecule has 5 heteroatoms. The van der Waals surface area contributed by atoms with Crippen molar-refractivity contribution in [2.45, 2.75) is 44.6 Å². The van der Waals surface area contributed by atoms with E-state index in [-0.39, 0.29) is 29.2 Å². The number of hydrogen-bond acceptors (Lipinski definition) is 5. The fraction of sp³-hybridized carbons (Fsp3) is 0.333. The standard InChI is InChI=1S/C21H20O5/c22-18-12-16(25-15-3-1-2-4-15)7-8-17(18)21(24)14-5-9-19-13(11-14)6-10-20(23)26-19/h5,7-9,11-12,15,22H,1-4,6,10H2. The normalized spacial score (nSPS) is 16.8. The molecule has 0 radical (unpaired) electrons. The Morgan fingerprint density at radius 3 is 2.65 bits per heavy atom. The molecule has 0 unspecified atom stereocenters. The molecule has 1 aliphatic heterocycles. The van der Waals surface area contributed by atoms with E-state index in [4.69, 9.17) is 9.47 Å². The van der Waals surface area contributed by atoms with Gasteiger partial charge in [0.05, 0.1) is 18.1 Å². The van der Waals surface area contributed by atoms with Crippen LogP contribution < -0.4 is 9.47 Å². The number of phenols is 1. The zero-order chi connectivity index (χ0) is 18.1. The first-order valence-corrected chi connectivity index (χ1v) is 8.98. The summed E-state index contributed by atoms with van der Waals surface area (Å²) in [5.74, 6) is 0.474. The molecule has 2 aliphatic rings. The monoisotopic (exact) mass is 352 g/mol. The third kappa shape index (κ3) is 3.29. The van der Waals surface area contributed by atoms with Gasteiger partial charge in [0, 0.05) is 11.6 Å². The van der Waals surface area contributed by atoms with Gasteiger partial charge in [-0.15, -0.1) is 0 Å². The lowest BCUT2D eigenvalue weighted by atomic mass is 9.97. The molecular formula is C21H20O5. The van der Waals surface area contributed by atoms with E-state index in [2.05, 4.69) is 0 Å². The minimum absolute atomic E-state index is 0.0883. The van der Waals surface area contributed by atoms with E-state index >= 15 is 0 Å². The Labute approximate surface area is 151 Å². The van der Waals surface area contributed by atoms with Crippen LogP contribution in [-0.2, 0) is 11.2 Å².